The van der Waals surface area contributed by atoms with Crippen LogP contribution in [0.15, 0.2) is 0 Å². The van der Waals surface area contributed by atoms with Crippen molar-refractivity contribution in [3.05, 3.63) is 0 Å². The highest BCUT2D eigenvalue weighted by molar-refractivity contribution is 7.80. The Labute approximate surface area is 37.1 Å². The van der Waals surface area contributed by atoms with E-state index in [0.29, 0.717) is 0 Å². The fraction of sp³-hybridized carbons (Fsp3) is 0.500. The van der Waals surface area contributed by atoms with E-state index in [4.69, 9.17) is 0 Å². The summed E-state index contributed by atoms with van der Waals surface area (Å²) in [7, 11) is 0. The molecule has 3 heteroatoms. The molecule has 0 aromatic carbocycles. The average Bonchev–Trinajstić information content (AvgIpc) is 0.811. The highest BCUT2D eigenvalue weighted by atomic mass is 32.1. The normalized spacial score (nSPS) is 4.80. The Morgan fingerprint density at radius 2 is 1.40 bits per heavy atom. The zero-order chi connectivity index (χ0) is 3.58. The van der Waals surface area contributed by atoms with Crippen molar-refractivity contribution in [2.75, 3.05) is 0 Å². The topological polar surface area (TPSA) is 52.0 Å². The molecule has 0 atom stereocenters. The lowest BCUT2D eigenvalue weighted by Crippen LogP contribution is -2.18. The van der Waals surface area contributed by atoms with Gasteiger partial charge in [0.15, 0.2) is 5.11 Å². The summed E-state index contributed by atoms with van der Waals surface area (Å²) >= 11 is 4.09. The van der Waals surface area contributed by atoms with Crippen molar-refractivity contribution in [2.45, 2.75) is 7.43 Å². The van der Waals surface area contributed by atoms with Gasteiger partial charge in [-0.2, -0.15) is 0 Å². The van der Waals surface area contributed by atoms with Gasteiger partial charge in [-0.05, 0) is 12.2 Å². The molecule has 0 aliphatic rings. The first kappa shape index (κ1) is 8.83. The molecule has 0 aliphatic carbocycles. The van der Waals surface area contributed by atoms with Crippen LogP contribution in [0.2, 0.25) is 0 Å². The molecule has 0 fully saturated rings. The lowest BCUT2D eigenvalue weighted by molar-refractivity contribution is 1.65. The standard InChI is InChI=1S/CH4N2S.CH4/c2-1(3)4;/h(H4,2,3,4);1H4. The summed E-state index contributed by atoms with van der Waals surface area (Å²) < 4.78 is 0. The number of hydrogen-bond donors (Lipinski definition) is 2. The zero-order valence-electron chi connectivity index (χ0n) is 2.06. The van der Waals surface area contributed by atoms with Crippen molar-refractivity contribution in [3.63, 3.8) is 0 Å². The number of hydrogen-bond acceptors (Lipinski definition) is 1. The first-order chi connectivity index (χ1) is 1.73. The molecule has 0 spiro atoms. The third-order valence-corrected chi connectivity index (χ3v) is 0. The molecule has 0 radical (unpaired) electrons. The molecule has 32 valence electrons. The summed E-state index contributed by atoms with van der Waals surface area (Å²) in [6.07, 6.45) is 0. The van der Waals surface area contributed by atoms with Crippen LogP contribution in [-0.2, 0) is 0 Å². The molecule has 0 bridgehead atoms. The van der Waals surface area contributed by atoms with Crippen LogP contribution in [0, 0.1) is 0 Å². The third kappa shape index (κ3) is 110. The minimum absolute atomic E-state index is 0. The van der Waals surface area contributed by atoms with Gasteiger partial charge in [0.25, 0.3) is 0 Å². The van der Waals surface area contributed by atoms with E-state index in [1.54, 1.807) is 0 Å². The second-order valence-corrected chi connectivity index (χ2v) is 0.874. The molecule has 0 aromatic rings. The van der Waals surface area contributed by atoms with Gasteiger partial charge in [-0.25, -0.2) is 0 Å². The quantitative estimate of drug-likeness (QED) is 0.408. The lowest BCUT2D eigenvalue weighted by Gasteiger charge is -1.68. The van der Waals surface area contributed by atoms with E-state index in [9.17, 15) is 0 Å². The average molecular weight is 92.2 g/mol. The van der Waals surface area contributed by atoms with Gasteiger partial charge in [0.2, 0.25) is 0 Å². The van der Waals surface area contributed by atoms with Crippen LogP contribution in [0.1, 0.15) is 7.43 Å². The minimum atomic E-state index is 0. The minimum Gasteiger partial charge on any atom is -0.377 e. The molecule has 0 unspecified atom stereocenters. The van der Waals surface area contributed by atoms with E-state index in [2.05, 4.69) is 23.7 Å². The summed E-state index contributed by atoms with van der Waals surface area (Å²) in [6.45, 7) is 0. The molecule has 5 heavy (non-hydrogen) atoms. The molecule has 0 aromatic heterocycles. The van der Waals surface area contributed by atoms with Gasteiger partial charge in [-0.15, -0.1) is 0 Å². The molecule has 4 N–H and O–H groups in total. The van der Waals surface area contributed by atoms with Crippen molar-refractivity contribution in [1.82, 2.24) is 0 Å². The Morgan fingerprint density at radius 1 is 1.40 bits per heavy atom. The van der Waals surface area contributed by atoms with Crippen LogP contribution in [-0.4, -0.2) is 5.11 Å². The number of thiocarbonyl (C=S) groups is 1. The van der Waals surface area contributed by atoms with Gasteiger partial charge >= 0.3 is 0 Å². The molecular formula is C2H8N2S. The first-order valence-electron chi connectivity index (χ1n) is 0.781. The van der Waals surface area contributed by atoms with Crippen LogP contribution < -0.4 is 11.5 Å². The molecule has 0 heterocycles. The Morgan fingerprint density at radius 3 is 1.40 bits per heavy atom. The molecule has 2 nitrogen and oxygen atoms in total. The summed E-state index contributed by atoms with van der Waals surface area (Å²) in [4.78, 5) is 0. The molecule has 0 saturated carbocycles. The van der Waals surface area contributed by atoms with E-state index in [0.717, 1.165) is 0 Å². The Balaban J connectivity index is 0. The van der Waals surface area contributed by atoms with Crippen molar-refractivity contribution in [1.29, 1.82) is 0 Å². The summed E-state index contributed by atoms with van der Waals surface area (Å²) in [5.41, 5.74) is 9.24. The third-order valence-electron chi connectivity index (χ3n) is 0. The second-order valence-electron chi connectivity index (χ2n) is 0.402. The summed E-state index contributed by atoms with van der Waals surface area (Å²) in [5, 5.41) is 0.000000000000000222. The SMILES string of the molecule is C.NC(N)=S. The molecule has 0 aliphatic heterocycles. The Hall–Kier alpha value is -0.310. The van der Waals surface area contributed by atoms with Crippen molar-refractivity contribution in [2.24, 2.45) is 11.5 Å². The van der Waals surface area contributed by atoms with Crippen LogP contribution in [0.4, 0.5) is 0 Å². The summed E-state index contributed by atoms with van der Waals surface area (Å²) in [5.74, 6) is 0. The lowest BCUT2D eigenvalue weighted by atomic mass is 11.3. The van der Waals surface area contributed by atoms with E-state index in [-0.39, 0.29) is 12.5 Å². The monoisotopic (exact) mass is 92.0 g/mol. The van der Waals surface area contributed by atoms with Gasteiger partial charge in [-0.1, -0.05) is 7.43 Å². The maximum absolute atomic E-state index is 4.62. The van der Waals surface area contributed by atoms with Gasteiger partial charge < -0.3 is 11.5 Å². The maximum Gasteiger partial charge on any atom is 0.160 e. The maximum atomic E-state index is 4.62. The van der Waals surface area contributed by atoms with Gasteiger partial charge in [-0.3, -0.25) is 0 Å². The highest BCUT2D eigenvalue weighted by Crippen LogP contribution is 1.32. The van der Waals surface area contributed by atoms with E-state index in [1.165, 1.54) is 0 Å². The van der Waals surface area contributed by atoms with E-state index >= 15 is 0 Å². The smallest absolute Gasteiger partial charge is 0.160 e. The first-order valence-corrected chi connectivity index (χ1v) is 1.19. The molecule has 0 saturated heterocycles. The van der Waals surface area contributed by atoms with Crippen LogP contribution in [0.25, 0.3) is 0 Å². The van der Waals surface area contributed by atoms with Crippen molar-refractivity contribution in [3.8, 4) is 0 Å². The van der Waals surface area contributed by atoms with E-state index in [1.807, 2.05) is 0 Å². The number of nitrogens with two attached hydrogens (primary N) is 2. The Kier molecular flexibility index (Phi) is 6.51. The van der Waals surface area contributed by atoms with E-state index < -0.39 is 0 Å². The van der Waals surface area contributed by atoms with Gasteiger partial charge in [0.1, 0.15) is 0 Å². The fourth-order valence-electron chi connectivity index (χ4n) is 0. The second kappa shape index (κ2) is 3.69. The van der Waals surface area contributed by atoms with Crippen molar-refractivity contribution >= 4 is 17.3 Å². The molecular weight excluding hydrogens is 84.1 g/mol. The van der Waals surface area contributed by atoms with Crippen LogP contribution in [0.3, 0.4) is 0 Å². The summed E-state index contributed by atoms with van der Waals surface area (Å²) in [6, 6.07) is 0. The van der Waals surface area contributed by atoms with Crippen LogP contribution in [0.5, 0.6) is 0 Å². The predicted octanol–water partition coefficient (Wildman–Crippen LogP) is -0.175. The zero-order valence-corrected chi connectivity index (χ0v) is 2.88. The molecule has 0 amide bonds. The largest absolute Gasteiger partial charge is 0.377 e. The van der Waals surface area contributed by atoms with Gasteiger partial charge in [0.05, 0.1) is 0 Å². The van der Waals surface area contributed by atoms with Gasteiger partial charge in [0, 0.05) is 0 Å². The predicted molar refractivity (Wildman–Crippen MR) is 27.7 cm³/mol. The highest BCUT2D eigenvalue weighted by Gasteiger charge is 1.53. The number of rotatable bonds is 0. The Bertz CT molecular complexity index is 30.6. The molecule has 0 rings (SSSR count). The van der Waals surface area contributed by atoms with Crippen LogP contribution >= 0.6 is 12.2 Å². The van der Waals surface area contributed by atoms with Crippen molar-refractivity contribution < 1.29 is 0 Å². The fourth-order valence-corrected chi connectivity index (χ4v) is 0.